The van der Waals surface area contributed by atoms with Crippen LogP contribution < -0.4 is 0 Å². The Bertz CT molecular complexity index is 1370. The number of unbranched alkanes of at least 4 members (excludes halogenated alkanes) is 52. The van der Waals surface area contributed by atoms with E-state index in [2.05, 4.69) is 57.2 Å². The molecular formula is C76H142O6. The lowest BCUT2D eigenvalue weighted by Gasteiger charge is -2.18. The quantitative estimate of drug-likeness (QED) is 0.0261. The van der Waals surface area contributed by atoms with Crippen LogP contribution in [0, 0.1) is 0 Å². The van der Waals surface area contributed by atoms with Crippen molar-refractivity contribution in [1.82, 2.24) is 0 Å². The third-order valence-corrected chi connectivity index (χ3v) is 16.9. The van der Waals surface area contributed by atoms with Crippen molar-refractivity contribution in [3.8, 4) is 0 Å². The molecule has 1 atom stereocenters. The van der Waals surface area contributed by atoms with Gasteiger partial charge in [0.25, 0.3) is 0 Å². The number of rotatable bonds is 69. The Morgan fingerprint density at radius 3 is 0.744 bits per heavy atom. The van der Waals surface area contributed by atoms with E-state index >= 15 is 0 Å². The highest BCUT2D eigenvalue weighted by Crippen LogP contribution is 2.19. The molecule has 0 radical (unpaired) electrons. The van der Waals surface area contributed by atoms with Gasteiger partial charge in [0.05, 0.1) is 0 Å². The third-order valence-electron chi connectivity index (χ3n) is 16.9. The summed E-state index contributed by atoms with van der Waals surface area (Å²) in [7, 11) is 0. The molecule has 0 saturated carbocycles. The molecule has 0 aliphatic carbocycles. The van der Waals surface area contributed by atoms with Crippen LogP contribution in [0.25, 0.3) is 0 Å². The number of hydrogen-bond donors (Lipinski definition) is 0. The van der Waals surface area contributed by atoms with Crippen molar-refractivity contribution in [3.05, 3.63) is 36.5 Å². The maximum Gasteiger partial charge on any atom is 0.306 e. The van der Waals surface area contributed by atoms with Crippen LogP contribution >= 0.6 is 0 Å². The predicted octanol–water partition coefficient (Wildman–Crippen LogP) is 25.5. The first kappa shape index (κ1) is 79.6. The monoisotopic (exact) mass is 1150 g/mol. The predicted molar refractivity (Wildman–Crippen MR) is 358 cm³/mol. The lowest BCUT2D eigenvalue weighted by atomic mass is 10.0. The Hall–Kier alpha value is -2.37. The standard InChI is InChI=1S/C76H142O6/c1-4-7-10-13-16-19-22-24-26-28-30-31-32-33-34-35-36-37-38-39-40-41-42-43-44-46-47-49-51-54-57-60-63-66-69-75(78)81-72-73(71-80-74(77)68-65-62-59-56-53-21-18-15-12-9-6-3)82-76(79)70-67-64-61-58-55-52-50-48-45-29-27-25-23-20-17-14-11-8-5-2/h15,17-18,20,25,27,73H,4-14,16,19,21-24,26,28-72H2,1-3H3/b18-15-,20-17-,27-25-. The van der Waals surface area contributed by atoms with Crippen molar-refractivity contribution in [2.75, 3.05) is 13.2 Å². The zero-order valence-corrected chi connectivity index (χ0v) is 55.5. The van der Waals surface area contributed by atoms with Gasteiger partial charge in [-0.15, -0.1) is 0 Å². The summed E-state index contributed by atoms with van der Waals surface area (Å²) in [6.07, 6.45) is 89.3. The fourth-order valence-corrected chi connectivity index (χ4v) is 11.3. The van der Waals surface area contributed by atoms with Gasteiger partial charge in [-0.2, -0.15) is 0 Å². The molecule has 6 heteroatoms. The average molecular weight is 1150 g/mol. The van der Waals surface area contributed by atoms with E-state index in [0.29, 0.717) is 19.3 Å². The van der Waals surface area contributed by atoms with E-state index in [-0.39, 0.29) is 31.1 Å². The minimum absolute atomic E-state index is 0.0722. The zero-order valence-electron chi connectivity index (χ0n) is 55.5. The maximum absolute atomic E-state index is 12.9. The molecule has 0 aliphatic heterocycles. The second-order valence-electron chi connectivity index (χ2n) is 25.2. The van der Waals surface area contributed by atoms with Crippen LogP contribution in [-0.4, -0.2) is 37.2 Å². The molecule has 0 bridgehead atoms. The van der Waals surface area contributed by atoms with Gasteiger partial charge in [0.15, 0.2) is 6.10 Å². The number of esters is 3. The molecule has 0 aromatic rings. The van der Waals surface area contributed by atoms with E-state index < -0.39 is 6.10 Å². The summed E-state index contributed by atoms with van der Waals surface area (Å²) < 4.78 is 17.0. The molecule has 0 fully saturated rings. The van der Waals surface area contributed by atoms with E-state index in [4.69, 9.17) is 14.2 Å². The van der Waals surface area contributed by atoms with Gasteiger partial charge in [-0.25, -0.2) is 0 Å². The number of allylic oxidation sites excluding steroid dienone is 6. The van der Waals surface area contributed by atoms with E-state index in [1.54, 1.807) is 0 Å². The average Bonchev–Trinajstić information content (AvgIpc) is 3.48. The van der Waals surface area contributed by atoms with Crippen LogP contribution in [0.15, 0.2) is 36.5 Å². The van der Waals surface area contributed by atoms with Crippen LogP contribution in [0.5, 0.6) is 0 Å². The summed E-state index contributed by atoms with van der Waals surface area (Å²) in [4.78, 5) is 38.3. The van der Waals surface area contributed by atoms with Crippen molar-refractivity contribution >= 4 is 17.9 Å². The van der Waals surface area contributed by atoms with Gasteiger partial charge in [-0.3, -0.25) is 14.4 Å². The van der Waals surface area contributed by atoms with Gasteiger partial charge in [0.2, 0.25) is 0 Å². The normalized spacial score (nSPS) is 12.2. The van der Waals surface area contributed by atoms with E-state index in [0.717, 1.165) is 70.6 Å². The Kier molecular flexibility index (Phi) is 69.1. The summed E-state index contributed by atoms with van der Waals surface area (Å²) in [5, 5.41) is 0. The van der Waals surface area contributed by atoms with Crippen LogP contribution in [-0.2, 0) is 28.6 Å². The smallest absolute Gasteiger partial charge is 0.306 e. The molecule has 0 saturated heterocycles. The van der Waals surface area contributed by atoms with Crippen LogP contribution in [0.4, 0.5) is 0 Å². The van der Waals surface area contributed by atoms with Gasteiger partial charge in [-0.1, -0.05) is 359 Å². The highest BCUT2D eigenvalue weighted by atomic mass is 16.6. The number of hydrogen-bond acceptors (Lipinski definition) is 6. The Balaban J connectivity index is 4.05. The largest absolute Gasteiger partial charge is 0.462 e. The molecule has 0 amide bonds. The minimum Gasteiger partial charge on any atom is -0.462 e. The molecule has 0 spiro atoms. The Labute approximate surface area is 512 Å². The topological polar surface area (TPSA) is 78.9 Å². The van der Waals surface area contributed by atoms with E-state index in [1.807, 2.05) is 0 Å². The minimum atomic E-state index is -0.776. The maximum atomic E-state index is 12.9. The molecule has 0 aliphatic rings. The van der Waals surface area contributed by atoms with Gasteiger partial charge >= 0.3 is 17.9 Å². The molecule has 82 heavy (non-hydrogen) atoms. The van der Waals surface area contributed by atoms with E-state index in [9.17, 15) is 14.4 Å². The van der Waals surface area contributed by atoms with Crippen LogP contribution in [0.1, 0.15) is 412 Å². The fraction of sp³-hybridized carbons (Fsp3) is 0.882. The van der Waals surface area contributed by atoms with Crippen molar-refractivity contribution in [2.24, 2.45) is 0 Å². The van der Waals surface area contributed by atoms with E-state index in [1.165, 1.54) is 302 Å². The zero-order chi connectivity index (χ0) is 59.2. The van der Waals surface area contributed by atoms with Crippen molar-refractivity contribution in [2.45, 2.75) is 419 Å². The van der Waals surface area contributed by atoms with Gasteiger partial charge in [0.1, 0.15) is 13.2 Å². The Morgan fingerprint density at radius 1 is 0.244 bits per heavy atom. The van der Waals surface area contributed by atoms with Crippen LogP contribution in [0.3, 0.4) is 0 Å². The third kappa shape index (κ3) is 68.4. The molecule has 0 N–H and O–H groups in total. The summed E-state index contributed by atoms with van der Waals surface area (Å²) in [6, 6.07) is 0. The first-order valence-electron chi connectivity index (χ1n) is 37.0. The molecule has 0 rings (SSSR count). The number of carbonyl (C=O) groups excluding carboxylic acids is 3. The second-order valence-corrected chi connectivity index (χ2v) is 25.2. The molecular weight excluding hydrogens is 1010 g/mol. The van der Waals surface area contributed by atoms with Gasteiger partial charge in [-0.05, 0) is 70.6 Å². The lowest BCUT2D eigenvalue weighted by molar-refractivity contribution is -0.167. The van der Waals surface area contributed by atoms with Gasteiger partial charge < -0.3 is 14.2 Å². The highest BCUT2D eigenvalue weighted by Gasteiger charge is 2.19. The second kappa shape index (κ2) is 71.1. The molecule has 0 heterocycles. The first-order valence-corrected chi connectivity index (χ1v) is 37.0. The van der Waals surface area contributed by atoms with Gasteiger partial charge in [0, 0.05) is 19.3 Å². The summed E-state index contributed by atoms with van der Waals surface area (Å²) in [5.74, 6) is -0.861. The summed E-state index contributed by atoms with van der Waals surface area (Å²) in [5.41, 5.74) is 0. The number of carbonyl (C=O) groups is 3. The number of ether oxygens (including phenoxy) is 3. The Morgan fingerprint density at radius 2 is 0.451 bits per heavy atom. The SMILES string of the molecule is CCCC/C=C\CCCCCCCC(=O)OCC(COC(=O)CCCCCCCCCCCCCCCCCCCCCCCCCCCCCCCCCCCC)OC(=O)CCCCCCCCCCC/C=C\C/C=C\CCCCC. The fourth-order valence-electron chi connectivity index (χ4n) is 11.3. The summed E-state index contributed by atoms with van der Waals surface area (Å²) >= 11 is 0. The lowest BCUT2D eigenvalue weighted by Crippen LogP contribution is -2.30. The molecule has 0 aromatic carbocycles. The van der Waals surface area contributed by atoms with Crippen molar-refractivity contribution in [3.63, 3.8) is 0 Å². The molecule has 1 unspecified atom stereocenters. The highest BCUT2D eigenvalue weighted by molar-refractivity contribution is 5.71. The van der Waals surface area contributed by atoms with Crippen molar-refractivity contribution < 1.29 is 28.6 Å². The molecule has 482 valence electrons. The van der Waals surface area contributed by atoms with Crippen LogP contribution in [0.2, 0.25) is 0 Å². The summed E-state index contributed by atoms with van der Waals surface area (Å²) in [6.45, 7) is 6.64. The molecule has 0 aromatic heterocycles. The first-order chi connectivity index (χ1) is 40.5. The van der Waals surface area contributed by atoms with Crippen molar-refractivity contribution in [1.29, 1.82) is 0 Å². The molecule has 6 nitrogen and oxygen atoms in total.